The standard InChI is InChI=1S/C14H22N2O4S/c1-2-19-13-6-5-11(15)10-14(13)21(17,18)16-8-7-12-4-3-9-20-12/h5-6,10,12,16H,2-4,7-9,15H2,1H3. The summed E-state index contributed by atoms with van der Waals surface area (Å²) in [5.41, 5.74) is 6.07. The zero-order valence-corrected chi connectivity index (χ0v) is 13.0. The molecule has 21 heavy (non-hydrogen) atoms. The topological polar surface area (TPSA) is 90.7 Å². The van der Waals surface area contributed by atoms with E-state index in [1.54, 1.807) is 19.1 Å². The van der Waals surface area contributed by atoms with Crippen LogP contribution in [0, 0.1) is 0 Å². The van der Waals surface area contributed by atoms with Crippen molar-refractivity contribution in [2.45, 2.75) is 37.2 Å². The quantitative estimate of drug-likeness (QED) is 0.745. The van der Waals surface area contributed by atoms with Gasteiger partial charge in [0.1, 0.15) is 10.6 Å². The second-order valence-electron chi connectivity index (χ2n) is 4.96. The van der Waals surface area contributed by atoms with Crippen molar-refractivity contribution in [2.24, 2.45) is 0 Å². The number of anilines is 1. The molecule has 118 valence electrons. The van der Waals surface area contributed by atoms with E-state index in [-0.39, 0.29) is 11.0 Å². The molecule has 0 aliphatic carbocycles. The molecule has 0 aromatic heterocycles. The van der Waals surface area contributed by atoms with Crippen LogP contribution in [0.4, 0.5) is 5.69 Å². The first kappa shape index (κ1) is 16.1. The molecule has 0 amide bonds. The summed E-state index contributed by atoms with van der Waals surface area (Å²) >= 11 is 0. The van der Waals surface area contributed by atoms with Crippen LogP contribution in [0.25, 0.3) is 0 Å². The molecule has 6 nitrogen and oxygen atoms in total. The summed E-state index contributed by atoms with van der Waals surface area (Å²) in [5.74, 6) is 0.316. The van der Waals surface area contributed by atoms with Crippen LogP contribution < -0.4 is 15.2 Å². The van der Waals surface area contributed by atoms with E-state index < -0.39 is 10.0 Å². The number of benzene rings is 1. The Morgan fingerprint density at radius 1 is 1.48 bits per heavy atom. The Morgan fingerprint density at radius 3 is 2.95 bits per heavy atom. The highest BCUT2D eigenvalue weighted by atomic mass is 32.2. The summed E-state index contributed by atoms with van der Waals surface area (Å²) in [6.45, 7) is 3.30. The zero-order chi connectivity index (χ0) is 15.3. The third-order valence-electron chi connectivity index (χ3n) is 3.34. The maximum atomic E-state index is 12.4. The fourth-order valence-electron chi connectivity index (χ4n) is 2.31. The number of hydrogen-bond acceptors (Lipinski definition) is 5. The predicted octanol–water partition coefficient (Wildman–Crippen LogP) is 1.51. The molecule has 1 unspecified atom stereocenters. The molecule has 1 aromatic carbocycles. The lowest BCUT2D eigenvalue weighted by atomic mass is 10.2. The van der Waals surface area contributed by atoms with Crippen LogP contribution in [0.2, 0.25) is 0 Å². The Bertz CT molecular complexity index is 568. The maximum absolute atomic E-state index is 12.4. The first-order valence-electron chi connectivity index (χ1n) is 7.16. The molecule has 1 fully saturated rings. The van der Waals surface area contributed by atoms with Crippen molar-refractivity contribution in [1.82, 2.24) is 4.72 Å². The van der Waals surface area contributed by atoms with E-state index in [4.69, 9.17) is 15.2 Å². The van der Waals surface area contributed by atoms with E-state index in [0.29, 0.717) is 31.0 Å². The average molecular weight is 314 g/mol. The van der Waals surface area contributed by atoms with Crippen LogP contribution in [-0.2, 0) is 14.8 Å². The molecular formula is C14H22N2O4S. The van der Waals surface area contributed by atoms with Gasteiger partial charge in [0.15, 0.2) is 0 Å². The van der Waals surface area contributed by atoms with Gasteiger partial charge in [0.2, 0.25) is 10.0 Å². The van der Waals surface area contributed by atoms with Gasteiger partial charge in [0, 0.05) is 18.8 Å². The fraction of sp³-hybridized carbons (Fsp3) is 0.571. The molecular weight excluding hydrogens is 292 g/mol. The van der Waals surface area contributed by atoms with Crippen molar-refractivity contribution in [2.75, 3.05) is 25.5 Å². The molecule has 1 heterocycles. The van der Waals surface area contributed by atoms with Crippen LogP contribution in [0.3, 0.4) is 0 Å². The molecule has 1 aliphatic rings. The SMILES string of the molecule is CCOc1ccc(N)cc1S(=O)(=O)NCCC1CCCO1. The first-order valence-corrected chi connectivity index (χ1v) is 8.65. The molecule has 0 spiro atoms. The number of sulfonamides is 1. The first-order chi connectivity index (χ1) is 10.0. The maximum Gasteiger partial charge on any atom is 0.244 e. The van der Waals surface area contributed by atoms with Crippen molar-refractivity contribution in [3.05, 3.63) is 18.2 Å². The lowest BCUT2D eigenvalue weighted by Crippen LogP contribution is -2.27. The Kier molecular flexibility index (Phi) is 5.44. The minimum absolute atomic E-state index is 0.0803. The molecule has 0 bridgehead atoms. The monoisotopic (exact) mass is 314 g/mol. The second-order valence-corrected chi connectivity index (χ2v) is 6.70. The minimum atomic E-state index is -3.64. The fourth-order valence-corrected chi connectivity index (χ4v) is 3.54. The van der Waals surface area contributed by atoms with Gasteiger partial charge >= 0.3 is 0 Å². The molecule has 0 saturated carbocycles. The van der Waals surface area contributed by atoms with E-state index >= 15 is 0 Å². The molecule has 7 heteroatoms. The van der Waals surface area contributed by atoms with E-state index in [9.17, 15) is 8.42 Å². The summed E-state index contributed by atoms with van der Waals surface area (Å²) in [6.07, 6.45) is 2.86. The molecule has 0 radical (unpaired) electrons. The number of ether oxygens (including phenoxy) is 2. The summed E-state index contributed by atoms with van der Waals surface area (Å²) < 4.78 is 38.2. The normalized spacial score (nSPS) is 18.8. The third-order valence-corrected chi connectivity index (χ3v) is 4.82. The molecule has 1 saturated heterocycles. The summed E-state index contributed by atoms with van der Waals surface area (Å²) in [7, 11) is -3.64. The second kappa shape index (κ2) is 7.11. The average Bonchev–Trinajstić information content (AvgIpc) is 2.94. The van der Waals surface area contributed by atoms with E-state index in [1.807, 2.05) is 0 Å². The van der Waals surface area contributed by atoms with E-state index in [2.05, 4.69) is 4.72 Å². The van der Waals surface area contributed by atoms with Crippen LogP contribution in [0.5, 0.6) is 5.75 Å². The molecule has 1 aromatic rings. The zero-order valence-electron chi connectivity index (χ0n) is 12.2. The van der Waals surface area contributed by atoms with Crippen molar-refractivity contribution < 1.29 is 17.9 Å². The lowest BCUT2D eigenvalue weighted by Gasteiger charge is -2.14. The highest BCUT2D eigenvalue weighted by molar-refractivity contribution is 7.89. The Morgan fingerprint density at radius 2 is 2.29 bits per heavy atom. The van der Waals surface area contributed by atoms with Gasteiger partial charge in [-0.1, -0.05) is 0 Å². The van der Waals surface area contributed by atoms with Crippen molar-refractivity contribution >= 4 is 15.7 Å². The van der Waals surface area contributed by atoms with Gasteiger partial charge < -0.3 is 15.2 Å². The Balaban J connectivity index is 2.05. The smallest absolute Gasteiger partial charge is 0.244 e. The number of nitrogens with one attached hydrogen (secondary N) is 1. The van der Waals surface area contributed by atoms with Crippen molar-refractivity contribution in [1.29, 1.82) is 0 Å². The Labute approximate surface area is 125 Å². The van der Waals surface area contributed by atoms with Crippen molar-refractivity contribution in [3.8, 4) is 5.75 Å². The van der Waals surface area contributed by atoms with Gasteiger partial charge in [-0.3, -0.25) is 0 Å². The molecule has 1 atom stereocenters. The van der Waals surface area contributed by atoms with Gasteiger partial charge in [0.05, 0.1) is 12.7 Å². The van der Waals surface area contributed by atoms with Gasteiger partial charge in [0.25, 0.3) is 0 Å². The number of nitrogen functional groups attached to an aromatic ring is 1. The van der Waals surface area contributed by atoms with Crippen LogP contribution in [0.1, 0.15) is 26.2 Å². The van der Waals surface area contributed by atoms with Crippen LogP contribution in [0.15, 0.2) is 23.1 Å². The largest absolute Gasteiger partial charge is 0.492 e. The molecule has 1 aliphatic heterocycles. The van der Waals surface area contributed by atoms with Crippen molar-refractivity contribution in [3.63, 3.8) is 0 Å². The third kappa shape index (κ3) is 4.33. The summed E-state index contributed by atoms with van der Waals surface area (Å²) in [5, 5.41) is 0. The highest BCUT2D eigenvalue weighted by Gasteiger charge is 2.21. The van der Waals surface area contributed by atoms with E-state index in [0.717, 1.165) is 19.4 Å². The summed E-state index contributed by atoms with van der Waals surface area (Å²) in [4.78, 5) is 0.0803. The minimum Gasteiger partial charge on any atom is -0.492 e. The van der Waals surface area contributed by atoms with Crippen LogP contribution >= 0.6 is 0 Å². The lowest BCUT2D eigenvalue weighted by molar-refractivity contribution is 0.105. The Hall–Kier alpha value is -1.31. The van der Waals surface area contributed by atoms with Gasteiger partial charge in [-0.25, -0.2) is 13.1 Å². The summed E-state index contributed by atoms with van der Waals surface area (Å²) in [6, 6.07) is 4.61. The molecule has 3 N–H and O–H groups in total. The van der Waals surface area contributed by atoms with E-state index in [1.165, 1.54) is 6.07 Å². The number of hydrogen-bond donors (Lipinski definition) is 2. The highest BCUT2D eigenvalue weighted by Crippen LogP contribution is 2.26. The van der Waals surface area contributed by atoms with Gasteiger partial charge in [-0.2, -0.15) is 0 Å². The predicted molar refractivity (Wildman–Crippen MR) is 80.8 cm³/mol. The number of rotatable bonds is 7. The van der Waals surface area contributed by atoms with Gasteiger partial charge in [-0.15, -0.1) is 0 Å². The number of nitrogens with two attached hydrogens (primary N) is 1. The van der Waals surface area contributed by atoms with Crippen LogP contribution in [-0.4, -0.2) is 34.3 Å². The van der Waals surface area contributed by atoms with Gasteiger partial charge in [-0.05, 0) is 44.4 Å². The molecule has 2 rings (SSSR count).